The smallest absolute Gasteiger partial charge is 0.227 e. The Labute approximate surface area is 158 Å². The molecule has 3 rings (SSSR count). The van der Waals surface area contributed by atoms with Crippen LogP contribution in [0.15, 0.2) is 36.5 Å². The Morgan fingerprint density at radius 1 is 1.22 bits per heavy atom. The first-order chi connectivity index (χ1) is 13.0. The molecule has 0 aliphatic carbocycles. The highest BCUT2D eigenvalue weighted by molar-refractivity contribution is 5.43. The molecule has 146 valence electrons. The Morgan fingerprint density at radius 3 is 2.70 bits per heavy atom. The third-order valence-electron chi connectivity index (χ3n) is 4.66. The molecule has 2 aromatic rings. The molecule has 0 amide bonds. The fourth-order valence-corrected chi connectivity index (χ4v) is 3.17. The van der Waals surface area contributed by atoms with Gasteiger partial charge in [-0.3, -0.25) is 4.90 Å². The van der Waals surface area contributed by atoms with Crippen LogP contribution in [0.2, 0.25) is 0 Å². The molecule has 2 heterocycles. The molecule has 0 spiro atoms. The maximum atomic E-state index is 13.3. The van der Waals surface area contributed by atoms with Crippen LogP contribution >= 0.6 is 0 Å². The highest BCUT2D eigenvalue weighted by Crippen LogP contribution is 2.17. The molecule has 0 bridgehead atoms. The number of aromatic nitrogens is 2. The molecule has 1 aromatic heterocycles. The van der Waals surface area contributed by atoms with Crippen molar-refractivity contribution in [2.24, 2.45) is 0 Å². The molecule has 1 atom stereocenters. The molecule has 8 heteroatoms. The molecular weight excluding hydrogens is 349 g/mol. The van der Waals surface area contributed by atoms with Crippen LogP contribution in [0.4, 0.5) is 16.2 Å². The fraction of sp³-hybridized carbons (Fsp3) is 0.474. The molecule has 1 aliphatic heterocycles. The van der Waals surface area contributed by atoms with Gasteiger partial charge in [0.2, 0.25) is 5.95 Å². The highest BCUT2D eigenvalue weighted by Gasteiger charge is 2.20. The minimum atomic E-state index is -0.806. The molecule has 1 fully saturated rings. The van der Waals surface area contributed by atoms with E-state index in [1.165, 1.54) is 6.07 Å². The zero-order valence-electron chi connectivity index (χ0n) is 15.5. The van der Waals surface area contributed by atoms with E-state index in [1.54, 1.807) is 29.3 Å². The van der Waals surface area contributed by atoms with Gasteiger partial charge >= 0.3 is 0 Å². The number of nitrogens with zero attached hydrogens (tertiary/aromatic N) is 5. The monoisotopic (exact) mass is 375 g/mol. The van der Waals surface area contributed by atoms with Gasteiger partial charge in [0, 0.05) is 52.5 Å². The van der Waals surface area contributed by atoms with E-state index < -0.39 is 6.10 Å². The molecule has 0 unspecified atom stereocenters. The number of benzene rings is 1. The second-order valence-electron chi connectivity index (χ2n) is 6.82. The van der Waals surface area contributed by atoms with Gasteiger partial charge < -0.3 is 20.0 Å². The Balaban J connectivity index is 1.57. The van der Waals surface area contributed by atoms with Crippen molar-refractivity contribution in [3.05, 3.63) is 47.9 Å². The quantitative estimate of drug-likeness (QED) is 0.739. The summed E-state index contributed by atoms with van der Waals surface area (Å²) in [6, 6.07) is 8.51. The van der Waals surface area contributed by atoms with Crippen LogP contribution in [0.3, 0.4) is 0 Å². The van der Waals surface area contributed by atoms with Crippen molar-refractivity contribution in [1.82, 2.24) is 14.9 Å². The van der Waals surface area contributed by atoms with Gasteiger partial charge in [-0.25, -0.2) is 9.37 Å². The second-order valence-corrected chi connectivity index (χ2v) is 6.82. The van der Waals surface area contributed by atoms with Crippen molar-refractivity contribution < 1.29 is 14.6 Å². The summed E-state index contributed by atoms with van der Waals surface area (Å²) in [6.07, 6.45) is 0.901. The maximum Gasteiger partial charge on any atom is 0.227 e. The van der Waals surface area contributed by atoms with Crippen molar-refractivity contribution >= 4 is 11.8 Å². The first-order valence-corrected chi connectivity index (χ1v) is 9.10. The SMILES string of the molecule is CN(C[C@H](O)CO)c1ccnc(N2CCN(Cc3cccc(F)c3)CC2)n1. The van der Waals surface area contributed by atoms with E-state index >= 15 is 0 Å². The summed E-state index contributed by atoms with van der Waals surface area (Å²) in [5.41, 5.74) is 0.978. The number of hydrogen-bond donors (Lipinski definition) is 2. The average molecular weight is 375 g/mol. The Kier molecular flexibility index (Phi) is 6.54. The van der Waals surface area contributed by atoms with Gasteiger partial charge in [-0.2, -0.15) is 4.98 Å². The maximum absolute atomic E-state index is 13.3. The number of rotatable bonds is 7. The van der Waals surface area contributed by atoms with Crippen LogP contribution in [-0.2, 0) is 6.54 Å². The largest absolute Gasteiger partial charge is 0.394 e. The molecule has 0 saturated carbocycles. The van der Waals surface area contributed by atoms with Crippen LogP contribution in [0.25, 0.3) is 0 Å². The summed E-state index contributed by atoms with van der Waals surface area (Å²) in [5.74, 6) is 1.16. The van der Waals surface area contributed by atoms with Crippen LogP contribution in [-0.4, -0.2) is 77.6 Å². The summed E-state index contributed by atoms with van der Waals surface area (Å²) in [7, 11) is 1.82. The lowest BCUT2D eigenvalue weighted by molar-refractivity contribution is 0.101. The lowest BCUT2D eigenvalue weighted by Gasteiger charge is -2.35. The van der Waals surface area contributed by atoms with Crippen molar-refractivity contribution in [2.75, 3.05) is 56.2 Å². The van der Waals surface area contributed by atoms with Gasteiger partial charge in [0.25, 0.3) is 0 Å². The van der Waals surface area contributed by atoms with E-state index in [-0.39, 0.29) is 12.4 Å². The van der Waals surface area contributed by atoms with E-state index in [0.717, 1.165) is 38.3 Å². The van der Waals surface area contributed by atoms with Crippen molar-refractivity contribution in [3.63, 3.8) is 0 Å². The lowest BCUT2D eigenvalue weighted by atomic mass is 10.2. The number of anilines is 2. The van der Waals surface area contributed by atoms with Gasteiger partial charge in [-0.15, -0.1) is 0 Å². The molecule has 0 radical (unpaired) electrons. The van der Waals surface area contributed by atoms with E-state index in [1.807, 2.05) is 13.1 Å². The summed E-state index contributed by atoms with van der Waals surface area (Å²) in [4.78, 5) is 15.2. The minimum absolute atomic E-state index is 0.202. The van der Waals surface area contributed by atoms with Gasteiger partial charge in [0.1, 0.15) is 11.6 Å². The minimum Gasteiger partial charge on any atom is -0.394 e. The summed E-state index contributed by atoms with van der Waals surface area (Å²) in [6.45, 7) is 4.04. The summed E-state index contributed by atoms with van der Waals surface area (Å²) < 4.78 is 13.3. The standard InChI is InChI=1S/C19H26FN5O2/c1-23(13-17(27)14-26)18-5-6-21-19(22-18)25-9-7-24(8-10-25)12-15-3-2-4-16(20)11-15/h2-6,11,17,26-27H,7-10,12-14H2,1H3/t17-/m0/s1. The normalized spacial score (nSPS) is 16.4. The molecule has 1 aromatic carbocycles. The van der Waals surface area contributed by atoms with Crippen molar-refractivity contribution in [2.45, 2.75) is 12.6 Å². The zero-order valence-corrected chi connectivity index (χ0v) is 15.5. The number of aliphatic hydroxyl groups is 2. The summed E-state index contributed by atoms with van der Waals surface area (Å²) in [5, 5.41) is 18.6. The van der Waals surface area contributed by atoms with Crippen molar-refractivity contribution in [3.8, 4) is 0 Å². The highest BCUT2D eigenvalue weighted by atomic mass is 19.1. The molecule has 1 aliphatic rings. The number of aliphatic hydroxyl groups excluding tert-OH is 2. The number of halogens is 1. The molecule has 27 heavy (non-hydrogen) atoms. The van der Waals surface area contributed by atoms with E-state index in [2.05, 4.69) is 19.8 Å². The molecule has 7 nitrogen and oxygen atoms in total. The van der Waals surface area contributed by atoms with E-state index in [0.29, 0.717) is 18.3 Å². The topological polar surface area (TPSA) is 76.0 Å². The van der Waals surface area contributed by atoms with Crippen LogP contribution < -0.4 is 9.80 Å². The van der Waals surface area contributed by atoms with Crippen LogP contribution in [0.1, 0.15) is 5.56 Å². The summed E-state index contributed by atoms with van der Waals surface area (Å²) >= 11 is 0. The Hall–Kier alpha value is -2.29. The number of hydrogen-bond acceptors (Lipinski definition) is 7. The Bertz CT molecular complexity index is 740. The predicted octanol–water partition coefficient (Wildman–Crippen LogP) is 0.727. The van der Waals surface area contributed by atoms with Gasteiger partial charge in [0.15, 0.2) is 0 Å². The third-order valence-corrected chi connectivity index (χ3v) is 4.66. The second kappa shape index (κ2) is 9.07. The van der Waals surface area contributed by atoms with Gasteiger partial charge in [0.05, 0.1) is 12.7 Å². The average Bonchev–Trinajstić information content (AvgIpc) is 2.68. The van der Waals surface area contributed by atoms with Crippen LogP contribution in [0.5, 0.6) is 0 Å². The van der Waals surface area contributed by atoms with Gasteiger partial charge in [-0.1, -0.05) is 12.1 Å². The van der Waals surface area contributed by atoms with Crippen molar-refractivity contribution in [1.29, 1.82) is 0 Å². The first kappa shape index (κ1) is 19.5. The van der Waals surface area contributed by atoms with Crippen LogP contribution in [0, 0.1) is 5.82 Å². The predicted molar refractivity (Wildman–Crippen MR) is 102 cm³/mol. The first-order valence-electron chi connectivity index (χ1n) is 9.10. The van der Waals surface area contributed by atoms with Gasteiger partial charge in [-0.05, 0) is 23.8 Å². The third kappa shape index (κ3) is 5.35. The molecule has 1 saturated heterocycles. The fourth-order valence-electron chi connectivity index (χ4n) is 3.17. The zero-order chi connectivity index (χ0) is 19.2. The number of piperazine rings is 1. The van der Waals surface area contributed by atoms with E-state index in [4.69, 9.17) is 5.11 Å². The number of likely N-dealkylation sites (N-methyl/N-ethyl adjacent to an activating group) is 1. The molecule has 2 N–H and O–H groups in total. The molecular formula is C19H26FN5O2. The van der Waals surface area contributed by atoms with E-state index in [9.17, 15) is 9.50 Å². The lowest BCUT2D eigenvalue weighted by Crippen LogP contribution is -2.46. The Morgan fingerprint density at radius 2 is 2.00 bits per heavy atom.